The second-order valence-corrected chi connectivity index (χ2v) is 9.70. The maximum Gasteiger partial charge on any atom is 0.269 e. The quantitative estimate of drug-likeness (QED) is 0.390. The number of nitrogens with one attached hydrogen (secondary N) is 3. The first kappa shape index (κ1) is 25.8. The Morgan fingerprint density at radius 3 is 2.20 bits per heavy atom. The fourth-order valence-corrected chi connectivity index (χ4v) is 4.48. The number of benzene rings is 3. The van der Waals surface area contributed by atoms with Gasteiger partial charge >= 0.3 is 0 Å². The highest BCUT2D eigenvalue weighted by Crippen LogP contribution is 2.20. The van der Waals surface area contributed by atoms with E-state index in [1.807, 2.05) is 32.9 Å². The molecule has 3 rings (SSSR count). The number of hydrazine groups is 1. The first-order valence-corrected chi connectivity index (χ1v) is 12.7. The number of aryl methyl sites for hydroxylation is 3. The third kappa shape index (κ3) is 7.31. The van der Waals surface area contributed by atoms with Crippen molar-refractivity contribution in [2.24, 2.45) is 0 Å². The van der Waals surface area contributed by atoms with E-state index < -0.39 is 15.9 Å². The van der Waals surface area contributed by atoms with Crippen LogP contribution in [-0.4, -0.2) is 26.8 Å². The Bertz CT molecular complexity index is 1290. The monoisotopic (exact) mass is 495 g/mol. The zero-order valence-corrected chi connectivity index (χ0v) is 20.7. The second-order valence-electron chi connectivity index (χ2n) is 8.02. The summed E-state index contributed by atoms with van der Waals surface area (Å²) in [4.78, 5) is 24.6. The van der Waals surface area contributed by atoms with Crippen LogP contribution < -0.4 is 20.3 Å². The number of anilines is 1. The zero-order valence-electron chi connectivity index (χ0n) is 19.9. The summed E-state index contributed by atoms with van der Waals surface area (Å²) in [6, 6.07) is 18.0. The number of sulfonamides is 1. The second kappa shape index (κ2) is 11.5. The Morgan fingerprint density at radius 2 is 1.57 bits per heavy atom. The van der Waals surface area contributed by atoms with Gasteiger partial charge in [0.1, 0.15) is 5.75 Å². The molecular weight excluding hydrogens is 466 g/mol. The van der Waals surface area contributed by atoms with Crippen LogP contribution in [0.1, 0.15) is 40.4 Å². The minimum absolute atomic E-state index is 0.0892. The summed E-state index contributed by atoms with van der Waals surface area (Å²) >= 11 is 0. The molecule has 0 fully saturated rings. The largest absolute Gasteiger partial charge is 0.494 e. The van der Waals surface area contributed by atoms with Gasteiger partial charge in [0.05, 0.1) is 11.5 Å². The van der Waals surface area contributed by atoms with Crippen LogP contribution in [0.4, 0.5) is 5.69 Å². The summed E-state index contributed by atoms with van der Waals surface area (Å²) in [7, 11) is -3.80. The molecule has 0 aromatic heterocycles. The van der Waals surface area contributed by atoms with Crippen molar-refractivity contribution in [2.75, 3.05) is 11.3 Å². The van der Waals surface area contributed by atoms with Crippen molar-refractivity contribution < 1.29 is 22.7 Å². The van der Waals surface area contributed by atoms with E-state index in [4.69, 9.17) is 4.74 Å². The number of rotatable bonds is 9. The lowest BCUT2D eigenvalue weighted by Crippen LogP contribution is -2.41. The average Bonchev–Trinajstić information content (AvgIpc) is 2.83. The first-order valence-electron chi connectivity index (χ1n) is 11.2. The van der Waals surface area contributed by atoms with E-state index >= 15 is 0 Å². The molecule has 0 radical (unpaired) electrons. The van der Waals surface area contributed by atoms with Gasteiger partial charge < -0.3 is 4.74 Å². The highest BCUT2D eigenvalue weighted by molar-refractivity contribution is 7.92. The molecule has 2 amide bonds. The summed E-state index contributed by atoms with van der Waals surface area (Å²) in [6.45, 7) is 6.35. The van der Waals surface area contributed by atoms with E-state index in [2.05, 4.69) is 21.6 Å². The molecule has 3 N–H and O–H groups in total. The summed E-state index contributed by atoms with van der Waals surface area (Å²) in [5.74, 6) is -0.233. The Kier molecular flexibility index (Phi) is 8.48. The van der Waals surface area contributed by atoms with Crippen LogP contribution in [0.15, 0.2) is 71.6 Å². The maximum absolute atomic E-state index is 12.6. The molecule has 0 saturated carbocycles. The van der Waals surface area contributed by atoms with E-state index in [0.29, 0.717) is 24.5 Å². The van der Waals surface area contributed by atoms with Gasteiger partial charge in [-0.15, -0.1) is 0 Å². The summed E-state index contributed by atoms with van der Waals surface area (Å²) in [5.41, 5.74) is 8.73. The van der Waals surface area contributed by atoms with Crippen molar-refractivity contribution in [3.8, 4) is 5.75 Å². The number of carbonyl (C=O) groups excluding carboxylic acids is 2. The van der Waals surface area contributed by atoms with Gasteiger partial charge in [-0.05, 0) is 86.8 Å². The van der Waals surface area contributed by atoms with Gasteiger partial charge in [0.25, 0.3) is 15.9 Å². The molecule has 184 valence electrons. The predicted molar refractivity (Wildman–Crippen MR) is 135 cm³/mol. The molecule has 0 atom stereocenters. The highest BCUT2D eigenvalue weighted by Gasteiger charge is 2.15. The summed E-state index contributed by atoms with van der Waals surface area (Å²) in [5, 5.41) is 0. The van der Waals surface area contributed by atoms with Crippen molar-refractivity contribution >= 4 is 27.5 Å². The Labute approximate surface area is 205 Å². The third-order valence-corrected chi connectivity index (χ3v) is 6.68. The number of hydrogen-bond donors (Lipinski definition) is 3. The van der Waals surface area contributed by atoms with Crippen molar-refractivity contribution in [1.82, 2.24) is 10.9 Å². The smallest absolute Gasteiger partial charge is 0.269 e. The van der Waals surface area contributed by atoms with E-state index in [0.717, 1.165) is 16.7 Å². The molecule has 9 heteroatoms. The van der Waals surface area contributed by atoms with Gasteiger partial charge in [-0.1, -0.05) is 23.8 Å². The van der Waals surface area contributed by atoms with Crippen LogP contribution >= 0.6 is 0 Å². The van der Waals surface area contributed by atoms with Gasteiger partial charge in [-0.3, -0.25) is 25.2 Å². The average molecular weight is 496 g/mol. The molecule has 0 heterocycles. The van der Waals surface area contributed by atoms with E-state index in [1.165, 1.54) is 36.4 Å². The van der Waals surface area contributed by atoms with Crippen LogP contribution in [0.3, 0.4) is 0 Å². The Morgan fingerprint density at radius 1 is 0.886 bits per heavy atom. The fraction of sp³-hybridized carbons (Fsp3) is 0.231. The minimum Gasteiger partial charge on any atom is -0.494 e. The molecule has 0 aliphatic heterocycles. The molecule has 0 spiro atoms. The number of carbonyl (C=O) groups is 2. The molecule has 3 aromatic rings. The standard InChI is InChI=1S/C26H29N3O5S/c1-4-34-23-12-14-24(15-13-23)35(32,33)29-22-10-7-21(8-11-22)26(31)28-27-25(30)16-9-20-6-5-18(2)17-19(20)3/h5-8,10-15,17,29H,4,9,16H2,1-3H3,(H,27,30)(H,28,31). The Hall–Kier alpha value is -3.85. The van der Waals surface area contributed by atoms with E-state index in [-0.39, 0.29) is 22.8 Å². The van der Waals surface area contributed by atoms with Crippen molar-refractivity contribution in [3.05, 3.63) is 89.0 Å². The van der Waals surface area contributed by atoms with Crippen molar-refractivity contribution in [2.45, 2.75) is 38.5 Å². The van der Waals surface area contributed by atoms with Crippen LogP contribution in [-0.2, 0) is 21.2 Å². The molecule has 0 aliphatic rings. The molecule has 35 heavy (non-hydrogen) atoms. The number of hydrogen-bond acceptors (Lipinski definition) is 5. The molecule has 0 bridgehead atoms. The molecule has 8 nitrogen and oxygen atoms in total. The van der Waals surface area contributed by atoms with Crippen LogP contribution in [0.5, 0.6) is 5.75 Å². The predicted octanol–water partition coefficient (Wildman–Crippen LogP) is 3.90. The Balaban J connectivity index is 1.51. The van der Waals surface area contributed by atoms with Gasteiger partial charge in [-0.25, -0.2) is 8.42 Å². The van der Waals surface area contributed by atoms with Crippen LogP contribution in [0.25, 0.3) is 0 Å². The lowest BCUT2D eigenvalue weighted by atomic mass is 10.0. The minimum atomic E-state index is -3.80. The molecule has 3 aromatic carbocycles. The summed E-state index contributed by atoms with van der Waals surface area (Å²) in [6.07, 6.45) is 0.799. The van der Waals surface area contributed by atoms with E-state index in [9.17, 15) is 18.0 Å². The first-order chi connectivity index (χ1) is 16.7. The molecule has 0 unspecified atom stereocenters. The van der Waals surface area contributed by atoms with Gasteiger partial charge in [0.2, 0.25) is 5.91 Å². The normalized spacial score (nSPS) is 10.9. The SMILES string of the molecule is CCOc1ccc(S(=O)(=O)Nc2ccc(C(=O)NNC(=O)CCc3ccc(C)cc3C)cc2)cc1. The van der Waals surface area contributed by atoms with Crippen molar-refractivity contribution in [3.63, 3.8) is 0 Å². The molecule has 0 saturated heterocycles. The van der Waals surface area contributed by atoms with Crippen molar-refractivity contribution in [1.29, 1.82) is 0 Å². The lowest BCUT2D eigenvalue weighted by molar-refractivity contribution is -0.121. The van der Waals surface area contributed by atoms with Gasteiger partial charge in [-0.2, -0.15) is 0 Å². The van der Waals surface area contributed by atoms with Crippen LogP contribution in [0.2, 0.25) is 0 Å². The zero-order chi connectivity index (χ0) is 25.4. The third-order valence-electron chi connectivity index (χ3n) is 5.28. The highest BCUT2D eigenvalue weighted by atomic mass is 32.2. The summed E-state index contributed by atoms with van der Waals surface area (Å²) < 4.78 is 33.0. The maximum atomic E-state index is 12.6. The topological polar surface area (TPSA) is 114 Å². The lowest BCUT2D eigenvalue weighted by Gasteiger charge is -2.11. The van der Waals surface area contributed by atoms with Gasteiger partial charge in [0.15, 0.2) is 0 Å². The fourth-order valence-electron chi connectivity index (χ4n) is 3.42. The number of ether oxygens (including phenoxy) is 1. The van der Waals surface area contributed by atoms with Crippen LogP contribution in [0, 0.1) is 13.8 Å². The number of amides is 2. The van der Waals surface area contributed by atoms with Gasteiger partial charge in [0, 0.05) is 17.7 Å². The van der Waals surface area contributed by atoms with E-state index in [1.54, 1.807) is 12.1 Å². The molecule has 0 aliphatic carbocycles. The molecular formula is C26H29N3O5S.